The van der Waals surface area contributed by atoms with Crippen LogP contribution < -0.4 is 15.4 Å². The summed E-state index contributed by atoms with van der Waals surface area (Å²) in [6, 6.07) is 6.31. The monoisotopic (exact) mass is 234 g/mol. The van der Waals surface area contributed by atoms with E-state index < -0.39 is 0 Å². The highest BCUT2D eigenvalue weighted by atomic mass is 16.5. The minimum Gasteiger partial charge on any atom is -0.487 e. The van der Waals surface area contributed by atoms with Crippen molar-refractivity contribution in [2.45, 2.75) is 39.3 Å². The van der Waals surface area contributed by atoms with E-state index in [0.717, 1.165) is 18.8 Å². The van der Waals surface area contributed by atoms with Crippen molar-refractivity contribution in [2.24, 2.45) is 5.73 Å². The first-order valence-corrected chi connectivity index (χ1v) is 6.16. The van der Waals surface area contributed by atoms with Crippen molar-refractivity contribution >= 4 is 5.69 Å². The Morgan fingerprint density at radius 3 is 2.82 bits per heavy atom. The number of anilines is 1. The standard InChI is InChI=1S/C14H22N2O/c1-10-5-6-13-12(7-10)16(8-11(2)17-13)9-14(3,4)15/h5-7,11H,8-9,15H2,1-4H3. The van der Waals surface area contributed by atoms with Crippen molar-refractivity contribution in [1.29, 1.82) is 0 Å². The Hall–Kier alpha value is -1.22. The molecule has 1 heterocycles. The molecule has 2 N–H and O–H groups in total. The van der Waals surface area contributed by atoms with Crippen LogP contribution in [-0.2, 0) is 0 Å². The molecule has 0 amide bonds. The number of rotatable bonds is 2. The molecule has 0 saturated carbocycles. The molecule has 94 valence electrons. The molecule has 1 atom stereocenters. The van der Waals surface area contributed by atoms with Gasteiger partial charge in [-0.15, -0.1) is 0 Å². The molecule has 0 radical (unpaired) electrons. The summed E-state index contributed by atoms with van der Waals surface area (Å²) in [6.07, 6.45) is 0.215. The number of nitrogens with zero attached hydrogens (tertiary/aromatic N) is 1. The van der Waals surface area contributed by atoms with Crippen molar-refractivity contribution in [1.82, 2.24) is 0 Å². The highest BCUT2D eigenvalue weighted by molar-refractivity contribution is 5.61. The topological polar surface area (TPSA) is 38.5 Å². The van der Waals surface area contributed by atoms with E-state index in [-0.39, 0.29) is 11.6 Å². The van der Waals surface area contributed by atoms with E-state index in [2.05, 4.69) is 50.8 Å². The highest BCUT2D eigenvalue weighted by Gasteiger charge is 2.26. The van der Waals surface area contributed by atoms with E-state index in [0.29, 0.717) is 0 Å². The summed E-state index contributed by atoms with van der Waals surface area (Å²) in [6.45, 7) is 10.1. The number of aryl methyl sites for hydroxylation is 1. The number of ether oxygens (including phenoxy) is 1. The Bertz CT molecular complexity index is 409. The smallest absolute Gasteiger partial charge is 0.143 e. The van der Waals surface area contributed by atoms with Gasteiger partial charge in [-0.3, -0.25) is 0 Å². The van der Waals surface area contributed by atoms with Crippen LogP contribution in [0.3, 0.4) is 0 Å². The Kier molecular flexibility index (Phi) is 3.04. The zero-order valence-corrected chi connectivity index (χ0v) is 11.2. The molecular weight excluding hydrogens is 212 g/mol. The fraction of sp³-hybridized carbons (Fsp3) is 0.571. The van der Waals surface area contributed by atoms with E-state index in [4.69, 9.17) is 10.5 Å². The van der Waals surface area contributed by atoms with Crippen LogP contribution >= 0.6 is 0 Å². The Morgan fingerprint density at radius 2 is 2.18 bits per heavy atom. The Morgan fingerprint density at radius 1 is 1.47 bits per heavy atom. The first kappa shape index (κ1) is 12.2. The molecule has 0 spiro atoms. The first-order chi connectivity index (χ1) is 7.85. The minimum absolute atomic E-state index is 0.196. The molecule has 1 unspecified atom stereocenters. The van der Waals surface area contributed by atoms with E-state index >= 15 is 0 Å². The molecule has 3 heteroatoms. The van der Waals surface area contributed by atoms with Gasteiger partial charge in [0.25, 0.3) is 0 Å². The van der Waals surface area contributed by atoms with Crippen molar-refractivity contribution < 1.29 is 4.74 Å². The summed E-state index contributed by atoms with van der Waals surface area (Å²) in [4.78, 5) is 2.33. The molecule has 0 aliphatic carbocycles. The third-order valence-corrected chi connectivity index (χ3v) is 2.86. The second kappa shape index (κ2) is 4.22. The maximum Gasteiger partial charge on any atom is 0.143 e. The van der Waals surface area contributed by atoms with Crippen molar-refractivity contribution in [3.05, 3.63) is 23.8 Å². The van der Waals surface area contributed by atoms with Gasteiger partial charge in [-0.25, -0.2) is 0 Å². The van der Waals surface area contributed by atoms with Gasteiger partial charge in [0.2, 0.25) is 0 Å². The minimum atomic E-state index is -0.196. The van der Waals surface area contributed by atoms with Gasteiger partial charge in [-0.1, -0.05) is 6.07 Å². The lowest BCUT2D eigenvalue weighted by molar-refractivity contribution is 0.210. The van der Waals surface area contributed by atoms with Crippen molar-refractivity contribution in [3.63, 3.8) is 0 Å². The lowest BCUT2D eigenvalue weighted by atomic mass is 10.0. The average Bonchev–Trinajstić information content (AvgIpc) is 2.16. The summed E-state index contributed by atoms with van der Waals surface area (Å²) in [7, 11) is 0. The second-order valence-corrected chi connectivity index (χ2v) is 5.77. The summed E-state index contributed by atoms with van der Waals surface area (Å²) in [5.74, 6) is 0.971. The molecule has 1 aromatic carbocycles. The van der Waals surface area contributed by atoms with Crippen LogP contribution in [-0.4, -0.2) is 24.7 Å². The van der Waals surface area contributed by atoms with Gasteiger partial charge in [-0.05, 0) is 45.4 Å². The second-order valence-electron chi connectivity index (χ2n) is 5.77. The summed E-state index contributed by atoms with van der Waals surface area (Å²) >= 11 is 0. The van der Waals surface area contributed by atoms with Gasteiger partial charge >= 0.3 is 0 Å². The van der Waals surface area contributed by atoms with E-state index in [9.17, 15) is 0 Å². The van der Waals surface area contributed by atoms with Gasteiger partial charge in [0, 0.05) is 12.1 Å². The SMILES string of the molecule is Cc1ccc2c(c1)N(CC(C)(C)N)CC(C)O2. The zero-order valence-electron chi connectivity index (χ0n) is 11.2. The van der Waals surface area contributed by atoms with Crippen LogP contribution in [0.25, 0.3) is 0 Å². The molecule has 0 bridgehead atoms. The number of hydrogen-bond donors (Lipinski definition) is 1. The van der Waals surface area contributed by atoms with Crippen LogP contribution in [0.1, 0.15) is 26.3 Å². The number of benzene rings is 1. The number of fused-ring (bicyclic) bond motifs is 1. The van der Waals surface area contributed by atoms with Crippen molar-refractivity contribution in [2.75, 3.05) is 18.0 Å². The van der Waals surface area contributed by atoms with Crippen molar-refractivity contribution in [3.8, 4) is 5.75 Å². The Labute approximate surface area is 104 Å². The normalized spacial score (nSPS) is 19.8. The lowest BCUT2D eigenvalue weighted by Gasteiger charge is -2.38. The lowest BCUT2D eigenvalue weighted by Crippen LogP contribution is -2.49. The molecule has 17 heavy (non-hydrogen) atoms. The fourth-order valence-corrected chi connectivity index (χ4v) is 2.28. The van der Waals surface area contributed by atoms with Gasteiger partial charge in [-0.2, -0.15) is 0 Å². The van der Waals surface area contributed by atoms with Crippen LogP contribution in [0.15, 0.2) is 18.2 Å². The maximum atomic E-state index is 6.12. The molecule has 1 aromatic rings. The van der Waals surface area contributed by atoms with Crippen LogP contribution in [0.2, 0.25) is 0 Å². The molecular formula is C14H22N2O. The van der Waals surface area contributed by atoms with Gasteiger partial charge in [0.15, 0.2) is 0 Å². The van der Waals surface area contributed by atoms with Gasteiger partial charge in [0.1, 0.15) is 11.9 Å². The summed E-state index contributed by atoms with van der Waals surface area (Å²) < 4.78 is 5.85. The molecule has 1 aliphatic rings. The maximum absolute atomic E-state index is 6.12. The number of hydrogen-bond acceptors (Lipinski definition) is 3. The molecule has 0 aromatic heterocycles. The molecule has 2 rings (SSSR count). The van der Waals surface area contributed by atoms with E-state index in [1.165, 1.54) is 11.3 Å². The zero-order chi connectivity index (χ0) is 12.6. The van der Waals surface area contributed by atoms with E-state index in [1.54, 1.807) is 0 Å². The third-order valence-electron chi connectivity index (χ3n) is 2.86. The van der Waals surface area contributed by atoms with Gasteiger partial charge < -0.3 is 15.4 Å². The largest absolute Gasteiger partial charge is 0.487 e. The molecule has 0 saturated heterocycles. The fourth-order valence-electron chi connectivity index (χ4n) is 2.28. The van der Waals surface area contributed by atoms with Crippen LogP contribution in [0.5, 0.6) is 5.75 Å². The predicted octanol–water partition coefficient (Wildman–Crippen LogP) is 2.32. The summed E-state index contributed by atoms with van der Waals surface area (Å²) in [5.41, 5.74) is 8.35. The third kappa shape index (κ3) is 2.91. The highest BCUT2D eigenvalue weighted by Crippen LogP contribution is 2.34. The average molecular weight is 234 g/mol. The molecule has 3 nitrogen and oxygen atoms in total. The van der Waals surface area contributed by atoms with Crippen LogP contribution in [0.4, 0.5) is 5.69 Å². The van der Waals surface area contributed by atoms with Gasteiger partial charge in [0.05, 0.1) is 12.2 Å². The first-order valence-electron chi connectivity index (χ1n) is 6.16. The number of nitrogens with two attached hydrogens (primary N) is 1. The predicted molar refractivity (Wildman–Crippen MR) is 71.7 cm³/mol. The molecule has 1 aliphatic heterocycles. The van der Waals surface area contributed by atoms with E-state index in [1.807, 2.05) is 0 Å². The molecule has 0 fully saturated rings. The Balaban J connectivity index is 2.32. The summed E-state index contributed by atoms with van der Waals surface area (Å²) in [5, 5.41) is 0. The van der Waals surface area contributed by atoms with Crippen LogP contribution in [0, 0.1) is 6.92 Å². The quantitative estimate of drug-likeness (QED) is 0.853.